The molecule has 0 amide bonds. The lowest BCUT2D eigenvalue weighted by Crippen LogP contribution is -2.48. The van der Waals surface area contributed by atoms with Gasteiger partial charge in [-0.15, -0.1) is 0 Å². The SMILES string of the molecule is C[C@@H]1C[C@H](C(=O)OCC2=CC[C@H]3C[C@@H]2C3(C)C)CCC1=O. The molecule has 4 aliphatic rings. The summed E-state index contributed by atoms with van der Waals surface area (Å²) in [7, 11) is 0. The zero-order valence-corrected chi connectivity index (χ0v) is 13.4. The molecule has 0 aliphatic heterocycles. The van der Waals surface area contributed by atoms with Gasteiger partial charge in [0.25, 0.3) is 0 Å². The van der Waals surface area contributed by atoms with Crippen LogP contribution in [0.1, 0.15) is 52.9 Å². The quantitative estimate of drug-likeness (QED) is 0.590. The standard InChI is InChI=1S/C18H26O3/c1-11-8-12(5-7-16(11)19)17(20)21-10-13-4-6-14-9-15(13)18(14,2)3/h4,11-12,14-15H,5-10H2,1-3H3/t11-,12-,14+,15+/m1/s1. The summed E-state index contributed by atoms with van der Waals surface area (Å²) >= 11 is 0. The monoisotopic (exact) mass is 290 g/mol. The lowest BCUT2D eigenvalue weighted by atomic mass is 9.49. The average molecular weight is 290 g/mol. The van der Waals surface area contributed by atoms with Crippen LogP contribution in [0.15, 0.2) is 11.6 Å². The maximum Gasteiger partial charge on any atom is 0.309 e. The topological polar surface area (TPSA) is 43.4 Å². The van der Waals surface area contributed by atoms with E-state index < -0.39 is 0 Å². The number of carbonyl (C=O) groups is 2. The van der Waals surface area contributed by atoms with Gasteiger partial charge in [-0.25, -0.2) is 0 Å². The van der Waals surface area contributed by atoms with Crippen LogP contribution < -0.4 is 0 Å². The van der Waals surface area contributed by atoms with E-state index in [1.165, 1.54) is 12.0 Å². The maximum atomic E-state index is 12.2. The molecule has 21 heavy (non-hydrogen) atoms. The number of esters is 1. The van der Waals surface area contributed by atoms with Crippen LogP contribution in [0.4, 0.5) is 0 Å². The van der Waals surface area contributed by atoms with Crippen LogP contribution in [-0.2, 0) is 14.3 Å². The Morgan fingerprint density at radius 2 is 2.14 bits per heavy atom. The van der Waals surface area contributed by atoms with Gasteiger partial charge in [0, 0.05) is 12.3 Å². The second kappa shape index (κ2) is 5.26. The second-order valence-electron chi connectivity index (χ2n) is 7.77. The van der Waals surface area contributed by atoms with Crippen molar-refractivity contribution in [1.29, 1.82) is 0 Å². The van der Waals surface area contributed by atoms with Crippen molar-refractivity contribution < 1.29 is 14.3 Å². The predicted molar refractivity (Wildman–Crippen MR) is 80.5 cm³/mol. The fourth-order valence-corrected chi connectivity index (χ4v) is 4.37. The highest BCUT2D eigenvalue weighted by molar-refractivity contribution is 5.84. The third kappa shape index (κ3) is 2.56. The lowest BCUT2D eigenvalue weighted by molar-refractivity contribution is -0.150. The average Bonchev–Trinajstić information content (AvgIpc) is 2.47. The van der Waals surface area contributed by atoms with E-state index in [2.05, 4.69) is 19.9 Å². The van der Waals surface area contributed by atoms with E-state index >= 15 is 0 Å². The Morgan fingerprint density at radius 3 is 2.76 bits per heavy atom. The number of Topliss-reactive ketones (excluding diaryl/α,β-unsaturated/α-hetero) is 1. The number of allylic oxidation sites excluding steroid dienone is 1. The zero-order valence-electron chi connectivity index (χ0n) is 13.4. The van der Waals surface area contributed by atoms with Crippen molar-refractivity contribution in [3.8, 4) is 0 Å². The van der Waals surface area contributed by atoms with Gasteiger partial charge in [-0.05, 0) is 48.5 Å². The largest absolute Gasteiger partial charge is 0.461 e. The Hall–Kier alpha value is -1.12. The summed E-state index contributed by atoms with van der Waals surface area (Å²) in [6, 6.07) is 0. The molecule has 0 aromatic heterocycles. The first-order valence-electron chi connectivity index (χ1n) is 8.28. The van der Waals surface area contributed by atoms with E-state index in [9.17, 15) is 9.59 Å². The Labute approximate surface area is 127 Å². The molecule has 4 rings (SSSR count). The highest BCUT2D eigenvalue weighted by Gasteiger charge is 2.51. The molecule has 116 valence electrons. The summed E-state index contributed by atoms with van der Waals surface area (Å²) in [5.41, 5.74) is 1.69. The van der Waals surface area contributed by atoms with E-state index in [-0.39, 0.29) is 23.6 Å². The minimum atomic E-state index is -0.102. The molecule has 0 radical (unpaired) electrons. The van der Waals surface area contributed by atoms with Crippen molar-refractivity contribution in [3.63, 3.8) is 0 Å². The fourth-order valence-electron chi connectivity index (χ4n) is 4.37. The van der Waals surface area contributed by atoms with Crippen LogP contribution in [0.2, 0.25) is 0 Å². The van der Waals surface area contributed by atoms with E-state index in [1.807, 2.05) is 6.92 Å². The molecule has 2 bridgehead atoms. The minimum absolute atomic E-state index is 0.0107. The fraction of sp³-hybridized carbons (Fsp3) is 0.778. The number of hydrogen-bond donors (Lipinski definition) is 0. The van der Waals surface area contributed by atoms with E-state index in [1.54, 1.807) is 0 Å². The van der Waals surface area contributed by atoms with Gasteiger partial charge >= 0.3 is 5.97 Å². The molecule has 0 aromatic carbocycles. The van der Waals surface area contributed by atoms with Gasteiger partial charge in [0.05, 0.1) is 5.92 Å². The molecule has 0 aromatic rings. The third-order valence-electron chi connectivity index (χ3n) is 6.22. The summed E-state index contributed by atoms with van der Waals surface area (Å²) in [6.45, 7) is 7.03. The second-order valence-corrected chi connectivity index (χ2v) is 7.77. The van der Waals surface area contributed by atoms with Crippen molar-refractivity contribution in [1.82, 2.24) is 0 Å². The van der Waals surface area contributed by atoms with Crippen molar-refractivity contribution in [2.75, 3.05) is 6.61 Å². The molecule has 4 atom stereocenters. The number of rotatable bonds is 3. The van der Waals surface area contributed by atoms with Crippen molar-refractivity contribution in [3.05, 3.63) is 11.6 Å². The van der Waals surface area contributed by atoms with Gasteiger partial charge in [0.1, 0.15) is 12.4 Å². The first-order chi connectivity index (χ1) is 9.89. The number of hydrogen-bond acceptors (Lipinski definition) is 3. The van der Waals surface area contributed by atoms with Gasteiger partial charge in [0.2, 0.25) is 0 Å². The summed E-state index contributed by atoms with van der Waals surface area (Å²) in [4.78, 5) is 23.7. The van der Waals surface area contributed by atoms with Gasteiger partial charge < -0.3 is 4.74 Å². The molecule has 2 saturated carbocycles. The maximum absolute atomic E-state index is 12.2. The number of carbonyl (C=O) groups excluding carboxylic acids is 2. The normalized spacial score (nSPS) is 37.5. The van der Waals surface area contributed by atoms with Gasteiger partial charge in [-0.2, -0.15) is 0 Å². The highest BCUT2D eigenvalue weighted by Crippen LogP contribution is 2.59. The number of fused-ring (bicyclic) bond motifs is 1. The third-order valence-corrected chi connectivity index (χ3v) is 6.22. The number of ketones is 1. The summed E-state index contributed by atoms with van der Waals surface area (Å²) < 4.78 is 5.57. The molecule has 0 N–H and O–H groups in total. The van der Waals surface area contributed by atoms with Gasteiger partial charge in [0.15, 0.2) is 0 Å². The smallest absolute Gasteiger partial charge is 0.309 e. The molecule has 2 fully saturated rings. The van der Waals surface area contributed by atoms with Gasteiger partial charge in [-0.3, -0.25) is 9.59 Å². The molecule has 0 unspecified atom stereocenters. The van der Waals surface area contributed by atoms with Crippen LogP contribution >= 0.6 is 0 Å². The summed E-state index contributed by atoms with van der Waals surface area (Å²) in [5, 5.41) is 0. The highest BCUT2D eigenvalue weighted by atomic mass is 16.5. The molecular formula is C18H26O3. The Kier molecular flexibility index (Phi) is 3.71. The number of ether oxygens (including phenoxy) is 1. The summed E-state index contributed by atoms with van der Waals surface area (Å²) in [5.74, 6) is 1.52. The van der Waals surface area contributed by atoms with Crippen LogP contribution in [0.3, 0.4) is 0 Å². The Bertz CT molecular complexity index is 489. The molecule has 0 spiro atoms. The first-order valence-corrected chi connectivity index (χ1v) is 8.28. The van der Waals surface area contributed by atoms with Gasteiger partial charge in [-0.1, -0.05) is 26.8 Å². The van der Waals surface area contributed by atoms with Crippen LogP contribution in [0.5, 0.6) is 0 Å². The van der Waals surface area contributed by atoms with E-state index in [0.717, 1.165) is 12.3 Å². The van der Waals surface area contributed by atoms with E-state index in [4.69, 9.17) is 4.74 Å². The molecule has 0 heterocycles. The van der Waals surface area contributed by atoms with Crippen molar-refractivity contribution >= 4 is 11.8 Å². The molecular weight excluding hydrogens is 264 g/mol. The van der Waals surface area contributed by atoms with Crippen LogP contribution in [-0.4, -0.2) is 18.4 Å². The van der Waals surface area contributed by atoms with Crippen LogP contribution in [0, 0.1) is 29.1 Å². The molecule has 3 nitrogen and oxygen atoms in total. The predicted octanol–water partition coefficient (Wildman–Crippen LogP) is 3.53. The lowest BCUT2D eigenvalue weighted by Gasteiger charge is -2.56. The Balaban J connectivity index is 1.53. The molecule has 4 aliphatic carbocycles. The minimum Gasteiger partial charge on any atom is -0.461 e. The van der Waals surface area contributed by atoms with Crippen LogP contribution in [0.25, 0.3) is 0 Å². The van der Waals surface area contributed by atoms with E-state index in [0.29, 0.717) is 37.2 Å². The summed E-state index contributed by atoms with van der Waals surface area (Å²) in [6.07, 6.45) is 6.52. The zero-order chi connectivity index (χ0) is 15.2. The van der Waals surface area contributed by atoms with Crippen molar-refractivity contribution in [2.45, 2.75) is 52.9 Å². The molecule has 0 saturated heterocycles. The first kappa shape index (κ1) is 14.8. The molecule has 3 heteroatoms. The Morgan fingerprint density at radius 1 is 1.38 bits per heavy atom. The van der Waals surface area contributed by atoms with Crippen molar-refractivity contribution in [2.24, 2.45) is 29.1 Å².